The summed E-state index contributed by atoms with van der Waals surface area (Å²) in [5, 5.41) is 22.1. The van der Waals surface area contributed by atoms with Crippen molar-refractivity contribution in [2.24, 2.45) is 16.7 Å². The minimum Gasteiger partial charge on any atom is -0.504 e. The van der Waals surface area contributed by atoms with E-state index in [4.69, 9.17) is 9.47 Å². The number of cyclic esters (lactones) is 1. The Morgan fingerprint density at radius 3 is 2.56 bits per heavy atom. The number of aliphatic hydroxyl groups is 2. The molecule has 3 aliphatic carbocycles. The van der Waals surface area contributed by atoms with Gasteiger partial charge in [-0.05, 0) is 51.1 Å². The van der Waals surface area contributed by atoms with Crippen molar-refractivity contribution >= 4 is 11.8 Å². The third-order valence-electron chi connectivity index (χ3n) is 9.27. The fourth-order valence-electron chi connectivity index (χ4n) is 7.02. The van der Waals surface area contributed by atoms with Crippen LogP contribution in [0.5, 0.6) is 0 Å². The Labute approximate surface area is 200 Å². The lowest BCUT2D eigenvalue weighted by atomic mass is 9.54. The van der Waals surface area contributed by atoms with Gasteiger partial charge in [-0.2, -0.15) is 0 Å². The quantitative estimate of drug-likeness (QED) is 0.475. The Morgan fingerprint density at radius 1 is 1.18 bits per heavy atom. The van der Waals surface area contributed by atoms with E-state index in [0.29, 0.717) is 30.4 Å². The minimum atomic E-state index is -0.871. The van der Waals surface area contributed by atoms with E-state index in [2.05, 4.69) is 23.8 Å². The van der Waals surface area contributed by atoms with E-state index >= 15 is 0 Å². The Morgan fingerprint density at radius 2 is 1.88 bits per heavy atom. The topological polar surface area (TPSA) is 99.5 Å². The van der Waals surface area contributed by atoms with Crippen molar-refractivity contribution in [2.45, 2.75) is 51.7 Å². The third-order valence-corrected chi connectivity index (χ3v) is 9.27. The van der Waals surface area contributed by atoms with Crippen LogP contribution < -0.4 is 0 Å². The van der Waals surface area contributed by atoms with Crippen molar-refractivity contribution < 1.29 is 29.3 Å². The number of methoxy groups -OCH3 is 1. The average Bonchev–Trinajstić information content (AvgIpc) is 3.11. The lowest BCUT2D eigenvalue weighted by Gasteiger charge is -2.52. The second-order valence-electron chi connectivity index (χ2n) is 11.0. The number of carbonyl (C=O) groups is 2. The molecule has 0 spiro atoms. The van der Waals surface area contributed by atoms with E-state index in [0.717, 1.165) is 38.2 Å². The first-order valence-electron chi connectivity index (χ1n) is 12.4. The number of aliphatic hydroxyl groups excluding tert-OH is 2. The molecule has 3 fully saturated rings. The molecule has 8 heteroatoms. The van der Waals surface area contributed by atoms with Gasteiger partial charge in [-0.15, -0.1) is 0 Å². The van der Waals surface area contributed by atoms with E-state index in [1.54, 1.807) is 13.3 Å². The molecule has 0 aromatic rings. The zero-order valence-electron chi connectivity index (χ0n) is 20.6. The van der Waals surface area contributed by atoms with Crippen LogP contribution in [0.15, 0.2) is 34.3 Å². The summed E-state index contributed by atoms with van der Waals surface area (Å²) >= 11 is 0. The maximum atomic E-state index is 13.7. The van der Waals surface area contributed by atoms with Crippen molar-refractivity contribution in [1.29, 1.82) is 0 Å². The van der Waals surface area contributed by atoms with Gasteiger partial charge in [-0.25, -0.2) is 4.79 Å². The summed E-state index contributed by atoms with van der Waals surface area (Å²) in [6.07, 6.45) is 3.36. The number of carbonyl (C=O) groups excluding carboxylic acids is 2. The molecule has 34 heavy (non-hydrogen) atoms. The van der Waals surface area contributed by atoms with Crippen LogP contribution in [0.25, 0.3) is 0 Å². The number of hydrogen-bond acceptors (Lipinski definition) is 8. The SMILES string of the molecule is COC[C@H]1OC(=O)/C(=C/N2CCN(C)CC2)C2=C(O)C(=O)C3=C(CC[C@@]4(C)C3CC[C@@H]4O)[C@]21C. The van der Waals surface area contributed by atoms with Gasteiger partial charge in [0, 0.05) is 56.0 Å². The molecular weight excluding hydrogens is 436 g/mol. The predicted octanol–water partition coefficient (Wildman–Crippen LogP) is 1.96. The number of ether oxygens (including phenoxy) is 2. The largest absolute Gasteiger partial charge is 0.504 e. The summed E-state index contributed by atoms with van der Waals surface area (Å²) in [6.45, 7) is 7.42. The zero-order valence-corrected chi connectivity index (χ0v) is 20.6. The van der Waals surface area contributed by atoms with Crippen LogP contribution in [0, 0.1) is 16.7 Å². The highest BCUT2D eigenvalue weighted by molar-refractivity contribution is 6.12. The lowest BCUT2D eigenvalue weighted by Crippen LogP contribution is -2.54. The van der Waals surface area contributed by atoms with Gasteiger partial charge in [0.25, 0.3) is 0 Å². The average molecular weight is 473 g/mol. The molecule has 0 bridgehead atoms. The Bertz CT molecular complexity index is 1010. The van der Waals surface area contributed by atoms with E-state index < -0.39 is 29.4 Å². The molecule has 8 nitrogen and oxygen atoms in total. The number of allylic oxidation sites excluding steroid dienone is 1. The summed E-state index contributed by atoms with van der Waals surface area (Å²) in [7, 11) is 3.62. The van der Waals surface area contributed by atoms with Crippen LogP contribution in [-0.4, -0.2) is 90.9 Å². The summed E-state index contributed by atoms with van der Waals surface area (Å²) < 4.78 is 11.4. The van der Waals surface area contributed by atoms with Crippen molar-refractivity contribution in [3.8, 4) is 0 Å². The second-order valence-corrected chi connectivity index (χ2v) is 11.0. The lowest BCUT2D eigenvalue weighted by molar-refractivity contribution is -0.156. The maximum Gasteiger partial charge on any atom is 0.340 e. The van der Waals surface area contributed by atoms with Crippen LogP contribution in [-0.2, 0) is 19.1 Å². The van der Waals surface area contributed by atoms with Gasteiger partial charge in [-0.1, -0.05) is 6.92 Å². The molecule has 2 N–H and O–H groups in total. The molecule has 5 aliphatic rings. The Hall–Kier alpha value is -2.16. The number of hydrogen-bond donors (Lipinski definition) is 2. The maximum absolute atomic E-state index is 13.7. The fourth-order valence-corrected chi connectivity index (χ4v) is 7.02. The van der Waals surface area contributed by atoms with E-state index in [1.165, 1.54) is 0 Å². The van der Waals surface area contributed by atoms with Gasteiger partial charge in [0.2, 0.25) is 5.78 Å². The summed E-state index contributed by atoms with van der Waals surface area (Å²) in [5.41, 5.74) is 0.924. The predicted molar refractivity (Wildman–Crippen MR) is 125 cm³/mol. The van der Waals surface area contributed by atoms with Gasteiger partial charge >= 0.3 is 5.97 Å². The van der Waals surface area contributed by atoms with Gasteiger partial charge in [0.05, 0.1) is 23.7 Å². The third kappa shape index (κ3) is 3.22. The summed E-state index contributed by atoms with van der Waals surface area (Å²) in [5.74, 6) is -1.41. The van der Waals surface area contributed by atoms with Crippen LogP contribution >= 0.6 is 0 Å². The summed E-state index contributed by atoms with van der Waals surface area (Å²) in [6, 6.07) is 0. The van der Waals surface area contributed by atoms with Gasteiger partial charge in [-0.3, -0.25) is 4.79 Å². The number of rotatable bonds is 3. The Balaban J connectivity index is 1.65. The molecule has 5 rings (SSSR count). The van der Waals surface area contributed by atoms with Crippen molar-refractivity contribution in [1.82, 2.24) is 9.80 Å². The summed E-state index contributed by atoms with van der Waals surface area (Å²) in [4.78, 5) is 31.2. The number of likely N-dealkylation sites (N-methyl/N-ethyl adjacent to an activating group) is 1. The fraction of sp³-hybridized carbons (Fsp3) is 0.692. The highest BCUT2D eigenvalue weighted by Gasteiger charge is 2.61. The minimum absolute atomic E-state index is 0.120. The van der Waals surface area contributed by atoms with Crippen LogP contribution in [0.2, 0.25) is 0 Å². The van der Waals surface area contributed by atoms with Crippen LogP contribution in [0.4, 0.5) is 0 Å². The van der Waals surface area contributed by atoms with Gasteiger partial charge in [0.1, 0.15) is 6.10 Å². The molecule has 186 valence electrons. The molecule has 2 heterocycles. The number of piperazine rings is 1. The standard InChI is InChI=1S/C26H36N2O6/c1-25-8-7-17-20(16(25)5-6-18(25)29)22(30)23(31)21-15(13-28-11-9-27(3)10-12-28)24(32)34-19(14-33-4)26(17,21)2/h13,16,18-19,29,31H,5-12,14H2,1-4H3/b15-13+/t16?,18-,19+,25-,26-/m0/s1. The molecule has 2 aliphatic heterocycles. The number of nitrogens with zero attached hydrogens (tertiary/aromatic N) is 2. The number of fused-ring (bicyclic) bond motifs is 4. The second kappa shape index (κ2) is 8.21. The zero-order chi connectivity index (χ0) is 24.4. The molecule has 1 saturated carbocycles. The molecular formula is C26H36N2O6. The first kappa shape index (κ1) is 23.6. The van der Waals surface area contributed by atoms with Crippen molar-refractivity contribution in [3.05, 3.63) is 34.3 Å². The molecule has 2 saturated heterocycles. The molecule has 5 atom stereocenters. The van der Waals surface area contributed by atoms with Crippen LogP contribution in [0.1, 0.15) is 39.5 Å². The van der Waals surface area contributed by atoms with Gasteiger partial charge in [0.15, 0.2) is 5.76 Å². The molecule has 0 aromatic carbocycles. The van der Waals surface area contributed by atoms with E-state index in [9.17, 15) is 19.8 Å². The van der Waals surface area contributed by atoms with Crippen molar-refractivity contribution in [3.63, 3.8) is 0 Å². The highest BCUT2D eigenvalue weighted by atomic mass is 16.6. The first-order chi connectivity index (χ1) is 16.1. The van der Waals surface area contributed by atoms with E-state index in [-0.39, 0.29) is 29.3 Å². The molecule has 0 amide bonds. The van der Waals surface area contributed by atoms with E-state index in [1.807, 2.05) is 6.92 Å². The monoisotopic (exact) mass is 472 g/mol. The number of esters is 1. The Kier molecular flexibility index (Phi) is 5.69. The number of ketones is 1. The molecule has 1 unspecified atom stereocenters. The number of Topliss-reactive ketones (excluding diaryl/α,β-unsaturated/α-hetero) is 1. The highest BCUT2D eigenvalue weighted by Crippen LogP contribution is 2.62. The normalized spacial score (nSPS) is 39.9. The molecule has 0 aromatic heterocycles. The molecule has 0 radical (unpaired) electrons. The van der Waals surface area contributed by atoms with Crippen molar-refractivity contribution in [2.75, 3.05) is 46.9 Å². The first-order valence-corrected chi connectivity index (χ1v) is 12.4. The van der Waals surface area contributed by atoms with Crippen LogP contribution in [0.3, 0.4) is 0 Å². The smallest absolute Gasteiger partial charge is 0.340 e. The van der Waals surface area contributed by atoms with Gasteiger partial charge < -0.3 is 29.5 Å².